The van der Waals surface area contributed by atoms with Gasteiger partial charge in [-0.3, -0.25) is 9.59 Å². The van der Waals surface area contributed by atoms with Crippen molar-refractivity contribution in [2.45, 2.75) is 12.8 Å². The van der Waals surface area contributed by atoms with Crippen LogP contribution in [0, 0.1) is 0 Å². The van der Waals surface area contributed by atoms with Crippen LogP contribution < -0.4 is 10.1 Å². The smallest absolute Gasteiger partial charge is 0.322 e. The zero-order chi connectivity index (χ0) is 14.1. The molecule has 0 spiro atoms. The molecule has 0 bridgehead atoms. The predicted octanol–water partition coefficient (Wildman–Crippen LogP) is 1.41. The molecule has 20 heavy (non-hydrogen) atoms. The fourth-order valence-corrected chi connectivity index (χ4v) is 2.41. The summed E-state index contributed by atoms with van der Waals surface area (Å²) in [5, 5.41) is 11.5. The van der Waals surface area contributed by atoms with Crippen molar-refractivity contribution >= 4 is 11.8 Å². The standard InChI is InChI=1S/C15H13NO4/c17-11-5-6-13-10(15(11)16-8-14(18)19)7-9-3-1-2-4-12(9)20-13/h1-4,6,16H,5,7-8H2,(H,18,19). The van der Waals surface area contributed by atoms with Gasteiger partial charge >= 0.3 is 5.97 Å². The summed E-state index contributed by atoms with van der Waals surface area (Å²) in [5.74, 6) is 0.331. The molecule has 0 aromatic heterocycles. The molecule has 2 N–H and O–H groups in total. The number of allylic oxidation sites excluding steroid dienone is 3. The van der Waals surface area contributed by atoms with Gasteiger partial charge in [-0.25, -0.2) is 0 Å². The van der Waals surface area contributed by atoms with Crippen LogP contribution in [-0.2, 0) is 16.0 Å². The molecule has 0 unspecified atom stereocenters. The lowest BCUT2D eigenvalue weighted by Crippen LogP contribution is -2.31. The SMILES string of the molecule is O=C(O)CNC1=C2Cc3ccccc3OC2=CCC1=O. The zero-order valence-corrected chi connectivity index (χ0v) is 10.7. The number of hydrogen-bond acceptors (Lipinski definition) is 4. The van der Waals surface area contributed by atoms with E-state index in [1.165, 1.54) is 0 Å². The number of carbonyl (C=O) groups excluding carboxylic acids is 1. The van der Waals surface area contributed by atoms with E-state index >= 15 is 0 Å². The number of carbonyl (C=O) groups is 2. The highest BCUT2D eigenvalue weighted by Gasteiger charge is 2.28. The van der Waals surface area contributed by atoms with Crippen LogP contribution in [0.2, 0.25) is 0 Å². The summed E-state index contributed by atoms with van der Waals surface area (Å²) in [6.45, 7) is -0.278. The van der Waals surface area contributed by atoms with Crippen molar-refractivity contribution in [1.82, 2.24) is 5.32 Å². The van der Waals surface area contributed by atoms with Crippen LogP contribution in [0.3, 0.4) is 0 Å². The molecule has 0 fully saturated rings. The fourth-order valence-electron chi connectivity index (χ4n) is 2.41. The molecule has 0 radical (unpaired) electrons. The Morgan fingerprint density at radius 2 is 2.15 bits per heavy atom. The van der Waals surface area contributed by atoms with Crippen LogP contribution in [0.5, 0.6) is 5.75 Å². The number of ketones is 1. The van der Waals surface area contributed by atoms with E-state index in [-0.39, 0.29) is 18.7 Å². The number of fused-ring (bicyclic) bond motifs is 2. The highest BCUT2D eigenvalue weighted by molar-refractivity contribution is 5.99. The van der Waals surface area contributed by atoms with Crippen molar-refractivity contribution < 1.29 is 19.4 Å². The topological polar surface area (TPSA) is 75.6 Å². The van der Waals surface area contributed by atoms with E-state index < -0.39 is 5.97 Å². The number of para-hydroxylation sites is 1. The van der Waals surface area contributed by atoms with Crippen LogP contribution in [0.15, 0.2) is 47.4 Å². The number of Topliss-reactive ketones (excluding diaryl/α,β-unsaturated/α-hetero) is 1. The first kappa shape index (κ1) is 12.5. The Balaban J connectivity index is 1.98. The molecule has 1 aromatic carbocycles. The number of ether oxygens (including phenoxy) is 1. The molecule has 0 saturated carbocycles. The number of carboxylic acid groups (broad SMARTS) is 1. The van der Waals surface area contributed by atoms with E-state index in [1.807, 2.05) is 24.3 Å². The first-order valence-electron chi connectivity index (χ1n) is 6.33. The van der Waals surface area contributed by atoms with Gasteiger partial charge in [-0.2, -0.15) is 0 Å². The van der Waals surface area contributed by atoms with Crippen LogP contribution >= 0.6 is 0 Å². The maximum atomic E-state index is 12.0. The summed E-state index contributed by atoms with van der Waals surface area (Å²) < 4.78 is 5.78. The minimum absolute atomic E-state index is 0.104. The average Bonchev–Trinajstić information content (AvgIpc) is 2.44. The molecule has 3 rings (SSSR count). The van der Waals surface area contributed by atoms with Crippen molar-refractivity contribution in [3.05, 3.63) is 52.9 Å². The number of hydrogen-bond donors (Lipinski definition) is 2. The predicted molar refractivity (Wildman–Crippen MR) is 71.1 cm³/mol. The summed E-state index contributed by atoms with van der Waals surface area (Å²) in [5.41, 5.74) is 2.09. The van der Waals surface area contributed by atoms with Crippen LogP contribution in [0.25, 0.3) is 0 Å². The van der Waals surface area contributed by atoms with Gasteiger partial charge in [-0.15, -0.1) is 0 Å². The molecule has 5 nitrogen and oxygen atoms in total. The third-order valence-electron chi connectivity index (χ3n) is 3.33. The molecular formula is C15H13NO4. The first-order valence-corrected chi connectivity index (χ1v) is 6.33. The van der Waals surface area contributed by atoms with Gasteiger partial charge in [0.15, 0.2) is 5.78 Å². The second-order valence-corrected chi connectivity index (χ2v) is 4.68. The van der Waals surface area contributed by atoms with Crippen molar-refractivity contribution in [3.8, 4) is 5.75 Å². The maximum absolute atomic E-state index is 12.0. The quantitative estimate of drug-likeness (QED) is 0.869. The Morgan fingerprint density at radius 1 is 1.35 bits per heavy atom. The van der Waals surface area contributed by atoms with E-state index in [9.17, 15) is 9.59 Å². The molecule has 0 atom stereocenters. The molecule has 1 aliphatic carbocycles. The third-order valence-corrected chi connectivity index (χ3v) is 3.33. The van der Waals surface area contributed by atoms with Crippen LogP contribution in [-0.4, -0.2) is 23.4 Å². The van der Waals surface area contributed by atoms with E-state index in [2.05, 4.69) is 5.32 Å². The lowest BCUT2D eigenvalue weighted by molar-refractivity contribution is -0.135. The first-order chi connectivity index (χ1) is 9.65. The van der Waals surface area contributed by atoms with Crippen molar-refractivity contribution in [1.29, 1.82) is 0 Å². The van der Waals surface area contributed by atoms with Gasteiger partial charge in [-0.1, -0.05) is 18.2 Å². The highest BCUT2D eigenvalue weighted by atomic mass is 16.5. The average molecular weight is 271 g/mol. The Hall–Kier alpha value is -2.56. The molecule has 5 heteroatoms. The van der Waals surface area contributed by atoms with Gasteiger partial charge in [0.1, 0.15) is 18.1 Å². The number of aliphatic carboxylic acids is 1. The molecule has 102 valence electrons. The Morgan fingerprint density at radius 3 is 2.95 bits per heavy atom. The second-order valence-electron chi connectivity index (χ2n) is 4.68. The Bertz CT molecular complexity index is 658. The minimum Gasteiger partial charge on any atom is -0.480 e. The monoisotopic (exact) mass is 271 g/mol. The maximum Gasteiger partial charge on any atom is 0.322 e. The Kier molecular flexibility index (Phi) is 3.02. The minimum atomic E-state index is -1.00. The summed E-state index contributed by atoms with van der Waals surface area (Å²) in [6.07, 6.45) is 2.54. The summed E-state index contributed by atoms with van der Waals surface area (Å²) in [6, 6.07) is 7.62. The van der Waals surface area contributed by atoms with E-state index in [1.54, 1.807) is 6.08 Å². The summed E-state index contributed by atoms with van der Waals surface area (Å²) >= 11 is 0. The van der Waals surface area contributed by atoms with Gasteiger partial charge in [0.2, 0.25) is 0 Å². The molecule has 1 aliphatic heterocycles. The van der Waals surface area contributed by atoms with Gasteiger partial charge < -0.3 is 15.2 Å². The molecule has 0 saturated heterocycles. The molecule has 1 aromatic rings. The fraction of sp³-hybridized carbons (Fsp3) is 0.200. The molecule has 1 heterocycles. The van der Waals surface area contributed by atoms with Gasteiger partial charge in [0.05, 0.1) is 5.70 Å². The largest absolute Gasteiger partial charge is 0.480 e. The van der Waals surface area contributed by atoms with Crippen molar-refractivity contribution in [3.63, 3.8) is 0 Å². The number of carboxylic acids is 1. The van der Waals surface area contributed by atoms with Gasteiger partial charge in [-0.05, 0) is 17.7 Å². The summed E-state index contributed by atoms with van der Waals surface area (Å²) in [4.78, 5) is 22.6. The third kappa shape index (κ3) is 2.18. The van der Waals surface area contributed by atoms with E-state index in [4.69, 9.17) is 9.84 Å². The van der Waals surface area contributed by atoms with Crippen molar-refractivity contribution in [2.75, 3.05) is 6.54 Å². The van der Waals surface area contributed by atoms with Crippen LogP contribution in [0.4, 0.5) is 0 Å². The van der Waals surface area contributed by atoms with E-state index in [0.717, 1.165) is 16.9 Å². The lowest BCUT2D eigenvalue weighted by Gasteiger charge is -2.27. The van der Waals surface area contributed by atoms with Gasteiger partial charge in [0.25, 0.3) is 0 Å². The molecule has 2 aliphatic rings. The highest BCUT2D eigenvalue weighted by Crippen LogP contribution is 2.35. The molecule has 0 amide bonds. The number of benzene rings is 1. The second kappa shape index (κ2) is 4.85. The zero-order valence-electron chi connectivity index (χ0n) is 10.7. The lowest BCUT2D eigenvalue weighted by atomic mass is 9.92. The number of nitrogens with one attached hydrogen (secondary N) is 1. The Labute approximate surface area is 115 Å². The molecular weight excluding hydrogens is 258 g/mol. The van der Waals surface area contributed by atoms with Gasteiger partial charge in [0, 0.05) is 18.4 Å². The normalized spacial score (nSPS) is 16.8. The van der Waals surface area contributed by atoms with Crippen LogP contribution in [0.1, 0.15) is 12.0 Å². The van der Waals surface area contributed by atoms with Crippen molar-refractivity contribution in [2.24, 2.45) is 0 Å². The van der Waals surface area contributed by atoms with E-state index in [0.29, 0.717) is 17.9 Å². The number of rotatable bonds is 3. The summed E-state index contributed by atoms with van der Waals surface area (Å²) in [7, 11) is 0.